The van der Waals surface area contributed by atoms with Crippen molar-refractivity contribution in [2.75, 3.05) is 13.9 Å². The van der Waals surface area contributed by atoms with Crippen LogP contribution in [0.2, 0.25) is 5.02 Å². The van der Waals surface area contributed by atoms with Crippen LogP contribution in [0.4, 0.5) is 0 Å². The number of fused-ring (bicyclic) bond motifs is 2. The Morgan fingerprint density at radius 1 is 1.17 bits per heavy atom. The monoisotopic (exact) mass is 328 g/mol. The highest BCUT2D eigenvalue weighted by Gasteiger charge is 2.15. The summed E-state index contributed by atoms with van der Waals surface area (Å²) in [4.78, 5) is 7.74. The van der Waals surface area contributed by atoms with E-state index in [-0.39, 0.29) is 6.79 Å². The molecule has 4 rings (SSSR count). The van der Waals surface area contributed by atoms with Gasteiger partial charge in [-0.05, 0) is 35.9 Å². The predicted molar refractivity (Wildman–Crippen MR) is 89.1 cm³/mol. The summed E-state index contributed by atoms with van der Waals surface area (Å²) >= 11 is 6.26. The van der Waals surface area contributed by atoms with Crippen LogP contribution in [0.1, 0.15) is 11.4 Å². The summed E-state index contributed by atoms with van der Waals surface area (Å²) in [5.74, 6) is 2.89. The third kappa shape index (κ3) is 2.59. The number of imidazole rings is 1. The fourth-order valence-corrected chi connectivity index (χ4v) is 2.66. The molecule has 6 heteroatoms. The number of rotatable bonds is 3. The zero-order valence-electron chi connectivity index (χ0n) is 12.3. The average molecular weight is 329 g/mol. The van der Waals surface area contributed by atoms with Crippen LogP contribution in [-0.4, -0.2) is 23.9 Å². The number of ether oxygens (including phenoxy) is 3. The van der Waals surface area contributed by atoms with E-state index in [4.69, 9.17) is 25.8 Å². The first-order valence-electron chi connectivity index (χ1n) is 7.04. The van der Waals surface area contributed by atoms with Gasteiger partial charge in [-0.3, -0.25) is 0 Å². The van der Waals surface area contributed by atoms with E-state index in [1.54, 1.807) is 13.2 Å². The summed E-state index contributed by atoms with van der Waals surface area (Å²) < 4.78 is 15.9. The van der Waals surface area contributed by atoms with E-state index < -0.39 is 0 Å². The van der Waals surface area contributed by atoms with E-state index in [9.17, 15) is 0 Å². The number of halogens is 1. The molecule has 0 saturated heterocycles. The molecule has 0 saturated carbocycles. The first kappa shape index (κ1) is 14.0. The fraction of sp³-hybridized carbons (Fsp3) is 0.118. The quantitative estimate of drug-likeness (QED) is 0.785. The first-order valence-corrected chi connectivity index (χ1v) is 7.42. The van der Waals surface area contributed by atoms with Gasteiger partial charge in [-0.1, -0.05) is 11.6 Å². The van der Waals surface area contributed by atoms with Crippen molar-refractivity contribution in [1.29, 1.82) is 0 Å². The average Bonchev–Trinajstić information content (AvgIpc) is 3.17. The van der Waals surface area contributed by atoms with Crippen molar-refractivity contribution in [2.24, 2.45) is 0 Å². The largest absolute Gasteiger partial charge is 0.497 e. The van der Waals surface area contributed by atoms with Crippen LogP contribution in [0.5, 0.6) is 17.2 Å². The molecule has 2 aromatic carbocycles. The van der Waals surface area contributed by atoms with Crippen molar-refractivity contribution in [1.82, 2.24) is 9.97 Å². The summed E-state index contributed by atoms with van der Waals surface area (Å²) in [6.07, 6.45) is 3.76. The van der Waals surface area contributed by atoms with Crippen molar-refractivity contribution >= 4 is 34.8 Å². The Bertz CT molecular complexity index is 918. The number of hydrogen-bond donors (Lipinski definition) is 1. The highest BCUT2D eigenvalue weighted by molar-refractivity contribution is 6.32. The van der Waals surface area contributed by atoms with Gasteiger partial charge in [0.2, 0.25) is 6.79 Å². The molecule has 2 heterocycles. The lowest BCUT2D eigenvalue weighted by atomic mass is 10.2. The third-order valence-corrected chi connectivity index (χ3v) is 3.95. The van der Waals surface area contributed by atoms with Gasteiger partial charge in [0.1, 0.15) is 11.6 Å². The summed E-state index contributed by atoms with van der Waals surface area (Å²) in [6, 6.07) is 9.31. The van der Waals surface area contributed by atoms with Gasteiger partial charge in [0.05, 0.1) is 23.2 Å². The van der Waals surface area contributed by atoms with Crippen LogP contribution in [0.25, 0.3) is 23.2 Å². The molecule has 3 aromatic rings. The molecule has 23 heavy (non-hydrogen) atoms. The van der Waals surface area contributed by atoms with E-state index >= 15 is 0 Å². The predicted octanol–water partition coefficient (Wildman–Crippen LogP) is 4.12. The number of H-pyrrole nitrogens is 1. The van der Waals surface area contributed by atoms with Crippen molar-refractivity contribution < 1.29 is 14.2 Å². The van der Waals surface area contributed by atoms with Crippen LogP contribution in [-0.2, 0) is 0 Å². The van der Waals surface area contributed by atoms with Crippen molar-refractivity contribution in [3.8, 4) is 17.2 Å². The molecule has 0 radical (unpaired) electrons. The molecule has 1 aliphatic rings. The molecule has 0 bridgehead atoms. The standard InChI is InChI=1S/C17H13ClN2O3/c1-21-11-3-4-13-14(7-11)20-17(19-13)5-2-10-6-15-16(8-12(10)18)23-9-22-15/h2-8H,9H2,1H3,(H,19,20)/b5-2+. The normalized spacial score (nSPS) is 13.1. The van der Waals surface area contributed by atoms with Gasteiger partial charge in [-0.2, -0.15) is 0 Å². The summed E-state index contributed by atoms with van der Waals surface area (Å²) in [7, 11) is 1.64. The fourth-order valence-electron chi connectivity index (χ4n) is 2.44. The van der Waals surface area contributed by atoms with Gasteiger partial charge in [0.15, 0.2) is 11.5 Å². The highest BCUT2D eigenvalue weighted by atomic mass is 35.5. The SMILES string of the molecule is COc1ccc2nc(/C=C/c3cc4c(cc3Cl)OCO4)[nH]c2c1. The summed E-state index contributed by atoms with van der Waals surface area (Å²) in [5, 5.41) is 0.600. The molecule has 1 aromatic heterocycles. The molecular weight excluding hydrogens is 316 g/mol. The maximum Gasteiger partial charge on any atom is 0.231 e. The maximum absolute atomic E-state index is 6.26. The van der Waals surface area contributed by atoms with Gasteiger partial charge >= 0.3 is 0 Å². The summed E-state index contributed by atoms with van der Waals surface area (Å²) in [5.41, 5.74) is 2.64. The van der Waals surface area contributed by atoms with E-state index in [0.29, 0.717) is 16.5 Å². The van der Waals surface area contributed by atoms with Crippen molar-refractivity contribution in [3.05, 3.63) is 46.7 Å². The molecule has 0 unspecified atom stereocenters. The van der Waals surface area contributed by atoms with Gasteiger partial charge < -0.3 is 19.2 Å². The molecular formula is C17H13ClN2O3. The molecule has 0 amide bonds. The third-order valence-electron chi connectivity index (χ3n) is 3.62. The minimum absolute atomic E-state index is 0.226. The number of aromatic amines is 1. The number of hydrogen-bond acceptors (Lipinski definition) is 4. The minimum Gasteiger partial charge on any atom is -0.497 e. The van der Waals surface area contributed by atoms with Crippen LogP contribution in [0.15, 0.2) is 30.3 Å². The maximum atomic E-state index is 6.26. The second-order valence-corrected chi connectivity index (χ2v) is 5.47. The van der Waals surface area contributed by atoms with Gasteiger partial charge in [0, 0.05) is 12.1 Å². The van der Waals surface area contributed by atoms with Crippen molar-refractivity contribution in [2.45, 2.75) is 0 Å². The van der Waals surface area contributed by atoms with E-state index in [1.807, 2.05) is 36.4 Å². The van der Waals surface area contributed by atoms with Crippen LogP contribution in [0.3, 0.4) is 0 Å². The number of nitrogens with one attached hydrogen (secondary N) is 1. The molecule has 1 N–H and O–H groups in total. The Balaban J connectivity index is 1.66. The second-order valence-electron chi connectivity index (χ2n) is 5.07. The molecule has 1 aliphatic heterocycles. The molecule has 116 valence electrons. The van der Waals surface area contributed by atoms with Gasteiger partial charge in [-0.25, -0.2) is 4.98 Å². The van der Waals surface area contributed by atoms with Crippen LogP contribution in [0, 0.1) is 0 Å². The number of aromatic nitrogens is 2. The van der Waals surface area contributed by atoms with Crippen molar-refractivity contribution in [3.63, 3.8) is 0 Å². The zero-order valence-corrected chi connectivity index (χ0v) is 13.1. The molecule has 0 aliphatic carbocycles. The van der Waals surface area contributed by atoms with E-state index in [2.05, 4.69) is 9.97 Å². The lowest BCUT2D eigenvalue weighted by Gasteiger charge is -2.01. The lowest BCUT2D eigenvalue weighted by molar-refractivity contribution is 0.174. The number of methoxy groups -OCH3 is 1. The van der Waals surface area contributed by atoms with Gasteiger partial charge in [0.25, 0.3) is 0 Å². The molecule has 0 spiro atoms. The number of benzene rings is 2. The lowest BCUT2D eigenvalue weighted by Crippen LogP contribution is -1.92. The first-order chi connectivity index (χ1) is 11.2. The summed E-state index contributed by atoms with van der Waals surface area (Å²) in [6.45, 7) is 0.226. The Morgan fingerprint density at radius 2 is 2.00 bits per heavy atom. The second kappa shape index (κ2) is 5.52. The zero-order chi connectivity index (χ0) is 15.8. The smallest absolute Gasteiger partial charge is 0.231 e. The Labute approximate surface area is 137 Å². The van der Waals surface area contributed by atoms with Gasteiger partial charge in [-0.15, -0.1) is 0 Å². The van der Waals surface area contributed by atoms with Crippen LogP contribution < -0.4 is 14.2 Å². The minimum atomic E-state index is 0.226. The molecule has 5 nitrogen and oxygen atoms in total. The van der Waals surface area contributed by atoms with E-state index in [1.165, 1.54) is 0 Å². The highest BCUT2D eigenvalue weighted by Crippen LogP contribution is 2.37. The topological polar surface area (TPSA) is 56.4 Å². The Hall–Kier alpha value is -2.66. The molecule has 0 atom stereocenters. The molecule has 0 fully saturated rings. The Morgan fingerprint density at radius 3 is 2.83 bits per heavy atom. The van der Waals surface area contributed by atoms with E-state index in [0.717, 1.165) is 28.2 Å². The van der Waals surface area contributed by atoms with Crippen LogP contribution >= 0.6 is 11.6 Å². The Kier molecular flexibility index (Phi) is 3.35. The number of nitrogens with zero attached hydrogens (tertiary/aromatic N) is 1.